The molecule has 0 saturated heterocycles. The molecule has 1 aromatic carbocycles. The van der Waals surface area contributed by atoms with Crippen LogP contribution in [0, 0.1) is 0 Å². The molecule has 0 saturated carbocycles. The summed E-state index contributed by atoms with van der Waals surface area (Å²) in [6.45, 7) is 1.83. The van der Waals surface area contributed by atoms with Crippen LogP contribution in [0.15, 0.2) is 29.3 Å². The first-order valence-electron chi connectivity index (χ1n) is 6.24. The Balaban J connectivity index is 2.03. The van der Waals surface area contributed by atoms with Gasteiger partial charge in [-0.05, 0) is 12.0 Å². The van der Waals surface area contributed by atoms with Crippen molar-refractivity contribution < 1.29 is 9.90 Å². The van der Waals surface area contributed by atoms with Crippen molar-refractivity contribution in [3.05, 3.63) is 35.4 Å². The van der Waals surface area contributed by atoms with Crippen molar-refractivity contribution in [2.75, 3.05) is 19.8 Å². The van der Waals surface area contributed by atoms with Crippen molar-refractivity contribution >= 4 is 11.8 Å². The number of nitrogens with one attached hydrogen (secondary N) is 2. The summed E-state index contributed by atoms with van der Waals surface area (Å²) in [6.07, 6.45) is 0.409. The van der Waals surface area contributed by atoms with Crippen molar-refractivity contribution in [1.29, 1.82) is 0 Å². The number of carboxylic acids is 1. The van der Waals surface area contributed by atoms with E-state index < -0.39 is 12.0 Å². The third kappa shape index (κ3) is 3.52. The molecule has 2 rings (SSSR count). The Bertz CT molecular complexity index is 470. The van der Waals surface area contributed by atoms with Gasteiger partial charge in [0, 0.05) is 18.8 Å². The second-order valence-corrected chi connectivity index (χ2v) is 4.36. The molecular weight excluding hydrogens is 244 g/mol. The largest absolute Gasteiger partial charge is 0.480 e. The molecule has 1 atom stereocenters. The van der Waals surface area contributed by atoms with Gasteiger partial charge in [0.2, 0.25) is 0 Å². The fourth-order valence-electron chi connectivity index (χ4n) is 2.01. The van der Waals surface area contributed by atoms with Crippen LogP contribution in [0.3, 0.4) is 0 Å². The van der Waals surface area contributed by atoms with Gasteiger partial charge in [-0.2, -0.15) is 0 Å². The molecule has 0 aromatic heterocycles. The van der Waals surface area contributed by atoms with E-state index >= 15 is 0 Å². The summed E-state index contributed by atoms with van der Waals surface area (Å²) in [4.78, 5) is 15.4. The standard InChI is InChI=1S/C13H18N4O2/c14-8-17-11(13(18)19)7-9-1-3-10(4-2-9)12-15-5-6-16-12/h1-4,11,17H,5-8,14H2,(H,15,16)(H,18,19)/t11-/m1/s1. The zero-order valence-corrected chi connectivity index (χ0v) is 10.6. The second-order valence-electron chi connectivity index (χ2n) is 4.36. The van der Waals surface area contributed by atoms with Gasteiger partial charge in [0.15, 0.2) is 0 Å². The first kappa shape index (κ1) is 13.5. The monoisotopic (exact) mass is 262 g/mol. The summed E-state index contributed by atoms with van der Waals surface area (Å²) in [5.74, 6) is 0.0118. The Hall–Kier alpha value is -1.92. The number of benzene rings is 1. The van der Waals surface area contributed by atoms with E-state index in [1.54, 1.807) is 0 Å². The minimum Gasteiger partial charge on any atom is -0.480 e. The molecule has 0 radical (unpaired) electrons. The first-order valence-corrected chi connectivity index (χ1v) is 6.24. The maximum Gasteiger partial charge on any atom is 0.321 e. The lowest BCUT2D eigenvalue weighted by Gasteiger charge is -2.13. The first-order chi connectivity index (χ1) is 9.20. The van der Waals surface area contributed by atoms with Crippen molar-refractivity contribution in [1.82, 2.24) is 10.6 Å². The molecular formula is C13H18N4O2. The van der Waals surface area contributed by atoms with Crippen LogP contribution in [0.2, 0.25) is 0 Å². The maximum absolute atomic E-state index is 11.0. The van der Waals surface area contributed by atoms with Crippen molar-refractivity contribution in [2.45, 2.75) is 12.5 Å². The summed E-state index contributed by atoms with van der Waals surface area (Å²) in [5.41, 5.74) is 7.31. The Morgan fingerprint density at radius 1 is 1.47 bits per heavy atom. The molecule has 0 fully saturated rings. The zero-order valence-electron chi connectivity index (χ0n) is 10.6. The van der Waals surface area contributed by atoms with E-state index in [0.717, 1.165) is 30.1 Å². The van der Waals surface area contributed by atoms with Gasteiger partial charge in [0.25, 0.3) is 0 Å². The molecule has 6 nitrogen and oxygen atoms in total. The Labute approximate surface area is 111 Å². The number of rotatable bonds is 6. The normalized spacial score (nSPS) is 15.7. The average Bonchev–Trinajstić information content (AvgIpc) is 2.93. The molecule has 0 spiro atoms. The van der Waals surface area contributed by atoms with Gasteiger partial charge in [-0.25, -0.2) is 0 Å². The molecule has 5 N–H and O–H groups in total. The highest BCUT2D eigenvalue weighted by Gasteiger charge is 2.16. The van der Waals surface area contributed by atoms with Crippen LogP contribution < -0.4 is 16.4 Å². The number of carbonyl (C=O) groups is 1. The molecule has 0 amide bonds. The molecule has 1 heterocycles. The summed E-state index contributed by atoms with van der Waals surface area (Å²) in [6, 6.07) is 7.09. The van der Waals surface area contributed by atoms with Gasteiger partial charge >= 0.3 is 5.97 Å². The fraction of sp³-hybridized carbons (Fsp3) is 0.385. The molecule has 1 aromatic rings. The van der Waals surface area contributed by atoms with E-state index in [1.165, 1.54) is 0 Å². The van der Waals surface area contributed by atoms with Crippen LogP contribution >= 0.6 is 0 Å². The summed E-state index contributed by atoms with van der Waals surface area (Å²) >= 11 is 0. The van der Waals surface area contributed by atoms with Gasteiger partial charge in [-0.1, -0.05) is 24.3 Å². The lowest BCUT2D eigenvalue weighted by molar-refractivity contribution is -0.139. The van der Waals surface area contributed by atoms with Crippen LogP contribution in [-0.2, 0) is 11.2 Å². The molecule has 1 aliphatic heterocycles. The van der Waals surface area contributed by atoms with Crippen LogP contribution in [0.25, 0.3) is 0 Å². The number of nitrogens with zero attached hydrogens (tertiary/aromatic N) is 1. The molecule has 1 aliphatic rings. The Morgan fingerprint density at radius 3 is 2.74 bits per heavy atom. The summed E-state index contributed by atoms with van der Waals surface area (Å²) < 4.78 is 0. The third-order valence-electron chi connectivity index (χ3n) is 3.00. The predicted molar refractivity (Wildman–Crippen MR) is 73.2 cm³/mol. The van der Waals surface area contributed by atoms with Crippen molar-refractivity contribution in [3.63, 3.8) is 0 Å². The van der Waals surface area contributed by atoms with Crippen LogP contribution in [0.4, 0.5) is 0 Å². The second kappa shape index (κ2) is 6.31. The lowest BCUT2D eigenvalue weighted by Crippen LogP contribution is -2.41. The number of amidine groups is 1. The van der Waals surface area contributed by atoms with E-state index in [1.807, 2.05) is 24.3 Å². The maximum atomic E-state index is 11.0. The molecule has 0 bridgehead atoms. The minimum atomic E-state index is -0.892. The molecule has 19 heavy (non-hydrogen) atoms. The summed E-state index contributed by atoms with van der Waals surface area (Å²) in [7, 11) is 0. The lowest BCUT2D eigenvalue weighted by atomic mass is 10.0. The highest BCUT2D eigenvalue weighted by Crippen LogP contribution is 2.09. The highest BCUT2D eigenvalue weighted by atomic mass is 16.4. The molecule has 0 unspecified atom stereocenters. The van der Waals surface area contributed by atoms with E-state index in [0.29, 0.717) is 6.42 Å². The van der Waals surface area contributed by atoms with Crippen LogP contribution in [0.5, 0.6) is 0 Å². The Kier molecular flexibility index (Phi) is 4.48. The van der Waals surface area contributed by atoms with Crippen LogP contribution in [0.1, 0.15) is 11.1 Å². The highest BCUT2D eigenvalue weighted by molar-refractivity contribution is 5.99. The van der Waals surface area contributed by atoms with E-state index in [4.69, 9.17) is 10.8 Å². The van der Waals surface area contributed by atoms with Gasteiger partial charge in [0.1, 0.15) is 11.9 Å². The smallest absolute Gasteiger partial charge is 0.321 e. The van der Waals surface area contributed by atoms with Gasteiger partial charge < -0.3 is 16.2 Å². The van der Waals surface area contributed by atoms with Crippen LogP contribution in [-0.4, -0.2) is 42.7 Å². The third-order valence-corrected chi connectivity index (χ3v) is 3.00. The number of nitrogens with two attached hydrogens (primary N) is 1. The number of hydrogen-bond donors (Lipinski definition) is 4. The van der Waals surface area contributed by atoms with E-state index in [-0.39, 0.29) is 6.67 Å². The number of carboxylic acid groups (broad SMARTS) is 1. The SMILES string of the molecule is NCN[C@H](Cc1ccc(C2=NCCN2)cc1)C(=O)O. The summed E-state index contributed by atoms with van der Waals surface area (Å²) in [5, 5.41) is 15.0. The average molecular weight is 262 g/mol. The fourth-order valence-corrected chi connectivity index (χ4v) is 2.01. The van der Waals surface area contributed by atoms with Gasteiger partial charge in [-0.3, -0.25) is 15.1 Å². The topological polar surface area (TPSA) is 99.7 Å². The molecule has 6 heteroatoms. The van der Waals surface area contributed by atoms with E-state index in [2.05, 4.69) is 15.6 Å². The number of aliphatic carboxylic acids is 1. The van der Waals surface area contributed by atoms with E-state index in [9.17, 15) is 4.79 Å². The number of aliphatic imine (C=N–C) groups is 1. The minimum absolute atomic E-state index is 0.149. The zero-order chi connectivity index (χ0) is 13.7. The predicted octanol–water partition coefficient (Wildman–Crippen LogP) is -0.462. The quantitative estimate of drug-likeness (QED) is 0.520. The van der Waals surface area contributed by atoms with Crippen molar-refractivity contribution in [2.24, 2.45) is 10.7 Å². The van der Waals surface area contributed by atoms with Crippen molar-refractivity contribution in [3.8, 4) is 0 Å². The Morgan fingerprint density at radius 2 is 2.21 bits per heavy atom. The molecule has 0 aliphatic carbocycles. The molecule has 102 valence electrons. The van der Waals surface area contributed by atoms with Gasteiger partial charge in [0.05, 0.1) is 6.54 Å². The number of hydrogen-bond acceptors (Lipinski definition) is 5. The van der Waals surface area contributed by atoms with Gasteiger partial charge in [-0.15, -0.1) is 0 Å².